The second-order valence-electron chi connectivity index (χ2n) is 6.82. The normalized spacial score (nSPS) is 11.6. The summed E-state index contributed by atoms with van der Waals surface area (Å²) in [4.78, 5) is 17.1. The van der Waals surface area contributed by atoms with Gasteiger partial charge in [0.1, 0.15) is 0 Å². The summed E-state index contributed by atoms with van der Waals surface area (Å²) >= 11 is 0. The van der Waals surface area contributed by atoms with Gasteiger partial charge in [0, 0.05) is 24.3 Å². The van der Waals surface area contributed by atoms with E-state index in [0.717, 1.165) is 11.4 Å². The summed E-state index contributed by atoms with van der Waals surface area (Å²) in [6.07, 6.45) is 1.54. The molecule has 1 amide bonds. The van der Waals surface area contributed by atoms with Gasteiger partial charge in [-0.2, -0.15) is 9.40 Å². The molecule has 0 aliphatic carbocycles. The predicted octanol–water partition coefficient (Wildman–Crippen LogP) is 3.17. The quantitative estimate of drug-likeness (QED) is 0.625. The molecule has 3 rings (SSSR count). The van der Waals surface area contributed by atoms with E-state index in [1.165, 1.54) is 16.4 Å². The van der Waals surface area contributed by atoms with Crippen LogP contribution >= 0.6 is 0 Å². The molecule has 0 saturated heterocycles. The van der Waals surface area contributed by atoms with Crippen molar-refractivity contribution in [1.29, 1.82) is 0 Å². The zero-order valence-corrected chi connectivity index (χ0v) is 18.3. The zero-order chi connectivity index (χ0) is 21.9. The van der Waals surface area contributed by atoms with Crippen LogP contribution in [0.5, 0.6) is 0 Å². The minimum Gasteiger partial charge on any atom is -0.321 e. The molecule has 158 valence electrons. The summed E-state index contributed by atoms with van der Waals surface area (Å²) in [6.45, 7) is 8.13. The van der Waals surface area contributed by atoms with E-state index in [4.69, 9.17) is 0 Å². The van der Waals surface area contributed by atoms with Gasteiger partial charge in [-0.3, -0.25) is 4.79 Å². The molecule has 0 atom stereocenters. The van der Waals surface area contributed by atoms with Crippen LogP contribution in [0.15, 0.2) is 53.6 Å². The third-order valence-corrected chi connectivity index (χ3v) is 6.72. The fraction of sp³-hybridized carbons (Fsp3) is 0.286. The van der Waals surface area contributed by atoms with Crippen molar-refractivity contribution in [2.75, 3.05) is 18.4 Å². The maximum absolute atomic E-state index is 12.7. The molecule has 2 heterocycles. The van der Waals surface area contributed by atoms with Crippen LogP contribution in [0.2, 0.25) is 0 Å². The molecule has 0 radical (unpaired) electrons. The van der Waals surface area contributed by atoms with Crippen molar-refractivity contribution in [1.82, 2.24) is 19.1 Å². The van der Waals surface area contributed by atoms with E-state index < -0.39 is 15.9 Å². The van der Waals surface area contributed by atoms with Gasteiger partial charge < -0.3 is 5.32 Å². The van der Waals surface area contributed by atoms with Gasteiger partial charge in [-0.05, 0) is 50.2 Å². The molecule has 0 aliphatic heterocycles. The molecule has 2 aromatic heterocycles. The summed E-state index contributed by atoms with van der Waals surface area (Å²) in [5.74, 6) is 0.234. The molecule has 0 aliphatic rings. The number of pyridine rings is 1. The van der Waals surface area contributed by atoms with Gasteiger partial charge in [-0.25, -0.2) is 18.1 Å². The molecule has 9 heteroatoms. The van der Waals surface area contributed by atoms with Gasteiger partial charge in [0.2, 0.25) is 10.0 Å². The highest BCUT2D eigenvalue weighted by molar-refractivity contribution is 7.89. The first-order valence-corrected chi connectivity index (χ1v) is 11.1. The molecule has 1 aromatic carbocycles. The molecule has 0 fully saturated rings. The Morgan fingerprint density at radius 2 is 1.83 bits per heavy atom. The lowest BCUT2D eigenvalue weighted by Crippen LogP contribution is -2.30. The van der Waals surface area contributed by atoms with Crippen molar-refractivity contribution >= 4 is 21.6 Å². The highest BCUT2D eigenvalue weighted by Gasteiger charge is 2.22. The number of aryl methyl sites for hydroxylation is 2. The third kappa shape index (κ3) is 4.42. The number of hydrogen-bond donors (Lipinski definition) is 1. The topological polar surface area (TPSA) is 97.2 Å². The molecule has 0 spiro atoms. The van der Waals surface area contributed by atoms with Crippen molar-refractivity contribution in [2.45, 2.75) is 32.6 Å². The second kappa shape index (κ2) is 8.76. The molecule has 0 bridgehead atoms. The molecule has 8 nitrogen and oxygen atoms in total. The Morgan fingerprint density at radius 1 is 1.10 bits per heavy atom. The predicted molar refractivity (Wildman–Crippen MR) is 115 cm³/mol. The van der Waals surface area contributed by atoms with Crippen LogP contribution < -0.4 is 5.32 Å². The first-order valence-electron chi connectivity index (χ1n) is 9.67. The molecule has 0 unspecified atom stereocenters. The Kier molecular flexibility index (Phi) is 6.33. The molecule has 30 heavy (non-hydrogen) atoms. The van der Waals surface area contributed by atoms with Crippen LogP contribution in [-0.4, -0.2) is 46.5 Å². The Hall–Kier alpha value is -3.04. The van der Waals surface area contributed by atoms with E-state index in [2.05, 4.69) is 15.4 Å². The lowest BCUT2D eigenvalue weighted by atomic mass is 10.2. The number of nitrogens with one attached hydrogen (secondary N) is 1. The average Bonchev–Trinajstić information content (AvgIpc) is 3.07. The van der Waals surface area contributed by atoms with Crippen molar-refractivity contribution in [2.24, 2.45) is 0 Å². The number of rotatable bonds is 7. The second-order valence-corrected chi connectivity index (χ2v) is 8.75. The number of benzene rings is 1. The van der Waals surface area contributed by atoms with Crippen LogP contribution in [0.25, 0.3) is 5.82 Å². The number of carbonyl (C=O) groups is 1. The van der Waals surface area contributed by atoms with Gasteiger partial charge in [-0.1, -0.05) is 19.9 Å². The summed E-state index contributed by atoms with van der Waals surface area (Å²) in [5.41, 5.74) is 2.61. The van der Waals surface area contributed by atoms with Crippen LogP contribution in [0.3, 0.4) is 0 Å². The summed E-state index contributed by atoms with van der Waals surface area (Å²) in [7, 11) is -3.64. The molecular formula is C21H25N5O3S. The molecule has 3 aromatic rings. The van der Waals surface area contributed by atoms with Crippen molar-refractivity contribution in [3.8, 4) is 5.82 Å². The van der Waals surface area contributed by atoms with E-state index in [9.17, 15) is 13.2 Å². The standard InChI is InChI=1S/C21H25N5O3S/c1-5-25(6-2)30(28,29)19-9-7-8-17(13-19)21(27)23-18-10-11-20(22-14-18)26-16(4)12-15(3)24-26/h7-14H,5-6H2,1-4H3,(H,23,27). The number of hydrogen-bond acceptors (Lipinski definition) is 5. The highest BCUT2D eigenvalue weighted by atomic mass is 32.2. The van der Waals surface area contributed by atoms with E-state index in [1.807, 2.05) is 19.9 Å². The Labute approximate surface area is 176 Å². The maximum atomic E-state index is 12.7. The number of anilines is 1. The van der Waals surface area contributed by atoms with Crippen molar-refractivity contribution in [3.63, 3.8) is 0 Å². The Balaban J connectivity index is 1.79. The monoisotopic (exact) mass is 427 g/mol. The molecular weight excluding hydrogens is 402 g/mol. The van der Waals surface area contributed by atoms with Crippen LogP contribution in [0.4, 0.5) is 5.69 Å². The number of carbonyl (C=O) groups excluding carboxylic acids is 1. The van der Waals surface area contributed by atoms with Crippen LogP contribution in [0, 0.1) is 13.8 Å². The zero-order valence-electron chi connectivity index (χ0n) is 17.5. The summed E-state index contributed by atoms with van der Waals surface area (Å²) in [6, 6.07) is 11.5. The third-order valence-electron chi connectivity index (χ3n) is 4.67. The maximum Gasteiger partial charge on any atom is 0.255 e. The van der Waals surface area contributed by atoms with Crippen molar-refractivity contribution < 1.29 is 13.2 Å². The van der Waals surface area contributed by atoms with Gasteiger partial charge in [0.25, 0.3) is 5.91 Å². The SMILES string of the molecule is CCN(CC)S(=O)(=O)c1cccc(C(=O)Nc2ccc(-n3nc(C)cc3C)nc2)c1. The lowest BCUT2D eigenvalue weighted by molar-refractivity contribution is 0.102. The molecule has 0 saturated carbocycles. The summed E-state index contributed by atoms with van der Waals surface area (Å²) < 4.78 is 28.5. The molecule has 1 N–H and O–H groups in total. The van der Waals surface area contributed by atoms with Crippen LogP contribution in [0.1, 0.15) is 35.6 Å². The lowest BCUT2D eigenvalue weighted by Gasteiger charge is -2.18. The first-order chi connectivity index (χ1) is 14.3. The number of sulfonamides is 1. The van der Waals surface area contributed by atoms with Gasteiger partial charge in [-0.15, -0.1) is 0 Å². The Morgan fingerprint density at radius 3 is 2.40 bits per heavy atom. The van der Waals surface area contributed by atoms with E-state index >= 15 is 0 Å². The van der Waals surface area contributed by atoms with Crippen LogP contribution in [-0.2, 0) is 10.0 Å². The van der Waals surface area contributed by atoms with Gasteiger partial charge in [0.05, 0.1) is 22.5 Å². The number of nitrogens with zero attached hydrogens (tertiary/aromatic N) is 4. The largest absolute Gasteiger partial charge is 0.321 e. The minimum atomic E-state index is -3.64. The smallest absolute Gasteiger partial charge is 0.255 e. The number of amides is 1. The Bertz CT molecular complexity index is 1150. The van der Waals surface area contributed by atoms with E-state index in [-0.39, 0.29) is 10.5 Å². The van der Waals surface area contributed by atoms with E-state index in [1.54, 1.807) is 49.0 Å². The minimum absolute atomic E-state index is 0.0943. The summed E-state index contributed by atoms with van der Waals surface area (Å²) in [5, 5.41) is 7.14. The highest BCUT2D eigenvalue weighted by Crippen LogP contribution is 2.18. The van der Waals surface area contributed by atoms with Gasteiger partial charge >= 0.3 is 0 Å². The number of aromatic nitrogens is 3. The first kappa shape index (κ1) is 21.7. The average molecular weight is 428 g/mol. The fourth-order valence-corrected chi connectivity index (χ4v) is 4.66. The van der Waals surface area contributed by atoms with Gasteiger partial charge in [0.15, 0.2) is 5.82 Å². The van der Waals surface area contributed by atoms with E-state index in [0.29, 0.717) is 24.6 Å². The van der Waals surface area contributed by atoms with Crippen molar-refractivity contribution in [3.05, 3.63) is 65.6 Å². The fourth-order valence-electron chi connectivity index (χ4n) is 3.16.